The monoisotopic (exact) mass is 530 g/mol. The fraction of sp³-hybridized carbons (Fsp3) is 0.476. The Balaban J connectivity index is 0.00000300. The Kier molecular flexibility index (Phi) is 10.9. The number of thiophene rings is 1. The predicted molar refractivity (Wildman–Crippen MR) is 130 cm³/mol. The average Bonchev–Trinajstić information content (AvgIpc) is 3.29. The number of guanidine groups is 1. The summed E-state index contributed by atoms with van der Waals surface area (Å²) in [5.41, 5.74) is 1.15. The lowest BCUT2D eigenvalue weighted by molar-refractivity contribution is 0.0177. The highest BCUT2D eigenvalue weighted by molar-refractivity contribution is 14.0. The molecule has 1 aromatic heterocycles. The van der Waals surface area contributed by atoms with Crippen LogP contribution in [0.4, 0.5) is 0 Å². The second-order valence-electron chi connectivity index (χ2n) is 6.65. The lowest BCUT2D eigenvalue weighted by Crippen LogP contribution is -2.46. The molecule has 6 nitrogen and oxygen atoms in total. The minimum Gasteiger partial charge on any atom is -0.379 e. The molecular weight excluding hydrogens is 499 g/mol. The molecule has 0 aliphatic carbocycles. The maximum Gasteiger partial charge on any atom is 0.191 e. The van der Waals surface area contributed by atoms with E-state index in [9.17, 15) is 0 Å². The Hall–Kier alpha value is -1.20. The highest BCUT2D eigenvalue weighted by atomic mass is 127. The first kappa shape index (κ1) is 24.1. The number of methoxy groups -OCH3 is 1. The molecule has 1 aliphatic heterocycles. The molecule has 2 N–H and O–H groups in total. The van der Waals surface area contributed by atoms with Crippen molar-refractivity contribution in [1.29, 1.82) is 0 Å². The van der Waals surface area contributed by atoms with Gasteiger partial charge in [0.25, 0.3) is 0 Å². The first-order valence-corrected chi connectivity index (χ1v) is 10.6. The van der Waals surface area contributed by atoms with Gasteiger partial charge >= 0.3 is 0 Å². The van der Waals surface area contributed by atoms with Crippen LogP contribution in [0.15, 0.2) is 52.8 Å². The molecule has 1 saturated heterocycles. The van der Waals surface area contributed by atoms with E-state index in [0.29, 0.717) is 12.6 Å². The molecule has 3 rings (SSSR count). The quantitative estimate of drug-likeness (QED) is 0.312. The Morgan fingerprint density at radius 2 is 1.86 bits per heavy atom. The van der Waals surface area contributed by atoms with Crippen molar-refractivity contribution in [2.24, 2.45) is 4.99 Å². The van der Waals surface area contributed by atoms with Gasteiger partial charge in [-0.3, -0.25) is 9.89 Å². The van der Waals surface area contributed by atoms with Gasteiger partial charge < -0.3 is 20.1 Å². The molecule has 0 saturated carbocycles. The number of aliphatic imine (C=N–C) groups is 1. The van der Waals surface area contributed by atoms with E-state index in [4.69, 9.17) is 9.47 Å². The summed E-state index contributed by atoms with van der Waals surface area (Å²) in [6.07, 6.45) is -0.0212. The van der Waals surface area contributed by atoms with E-state index in [1.54, 1.807) is 25.5 Å². The number of nitrogens with zero attached hydrogens (tertiary/aromatic N) is 2. The zero-order valence-electron chi connectivity index (χ0n) is 17.0. The third kappa shape index (κ3) is 7.21. The van der Waals surface area contributed by atoms with E-state index in [-0.39, 0.29) is 30.1 Å². The van der Waals surface area contributed by atoms with Gasteiger partial charge in [-0.1, -0.05) is 36.4 Å². The lowest BCUT2D eigenvalue weighted by Gasteiger charge is -2.34. The standard InChI is InChI=1S/C21H30N4O2S.HI/c1-22-21(24-16-19(26-2)17-7-4-3-5-8-17)23-15-18(20-9-6-14-28-20)25-10-12-27-13-11-25;/h3-9,14,18-19H,10-13,15-16H2,1-2H3,(H2,22,23,24);1H. The smallest absolute Gasteiger partial charge is 0.191 e. The van der Waals surface area contributed by atoms with Gasteiger partial charge in [0, 0.05) is 45.2 Å². The second-order valence-corrected chi connectivity index (χ2v) is 7.63. The van der Waals surface area contributed by atoms with Gasteiger partial charge in [-0.25, -0.2) is 0 Å². The molecule has 2 unspecified atom stereocenters. The van der Waals surface area contributed by atoms with E-state index in [1.807, 2.05) is 18.2 Å². The van der Waals surface area contributed by atoms with Crippen LogP contribution in [-0.4, -0.2) is 64.4 Å². The third-order valence-electron chi connectivity index (χ3n) is 4.96. The zero-order chi connectivity index (χ0) is 19.6. The van der Waals surface area contributed by atoms with Crippen LogP contribution in [0.25, 0.3) is 0 Å². The van der Waals surface area contributed by atoms with Crippen LogP contribution in [0, 0.1) is 0 Å². The van der Waals surface area contributed by atoms with Crippen molar-refractivity contribution in [2.45, 2.75) is 12.1 Å². The number of halogens is 1. The van der Waals surface area contributed by atoms with Crippen molar-refractivity contribution in [3.63, 3.8) is 0 Å². The Bertz CT molecular complexity index is 709. The van der Waals surface area contributed by atoms with Crippen molar-refractivity contribution in [3.8, 4) is 0 Å². The molecule has 8 heteroatoms. The fourth-order valence-electron chi connectivity index (χ4n) is 3.39. The van der Waals surface area contributed by atoms with E-state index in [2.05, 4.69) is 50.2 Å². The minimum absolute atomic E-state index is 0. The molecular formula is C21H31IN4O2S. The number of ether oxygens (including phenoxy) is 2. The third-order valence-corrected chi connectivity index (χ3v) is 5.93. The van der Waals surface area contributed by atoms with Crippen LogP contribution in [-0.2, 0) is 9.47 Å². The SMILES string of the molecule is CN=C(NCC(OC)c1ccccc1)NCC(c1cccs1)N1CCOCC1.I. The van der Waals surface area contributed by atoms with Crippen LogP contribution >= 0.6 is 35.3 Å². The first-order valence-electron chi connectivity index (χ1n) is 9.69. The summed E-state index contributed by atoms with van der Waals surface area (Å²) in [6, 6.07) is 14.9. The second kappa shape index (κ2) is 13.2. The van der Waals surface area contributed by atoms with Crippen LogP contribution in [0.3, 0.4) is 0 Å². The number of hydrogen-bond donors (Lipinski definition) is 2. The van der Waals surface area contributed by atoms with Gasteiger partial charge in [-0.05, 0) is 17.0 Å². The Morgan fingerprint density at radius 3 is 2.48 bits per heavy atom. The molecule has 0 radical (unpaired) electrons. The van der Waals surface area contributed by atoms with Crippen molar-refractivity contribution >= 4 is 41.3 Å². The normalized spacial score (nSPS) is 17.2. The summed E-state index contributed by atoms with van der Waals surface area (Å²) >= 11 is 1.80. The predicted octanol–water partition coefficient (Wildman–Crippen LogP) is 3.29. The summed E-state index contributed by atoms with van der Waals surface area (Å²) in [7, 11) is 3.54. The van der Waals surface area contributed by atoms with E-state index in [1.165, 1.54) is 4.88 Å². The molecule has 160 valence electrons. The molecule has 2 aromatic rings. The van der Waals surface area contributed by atoms with Gasteiger partial charge in [0.1, 0.15) is 0 Å². The van der Waals surface area contributed by atoms with Gasteiger partial charge in [-0.15, -0.1) is 35.3 Å². The number of hydrogen-bond acceptors (Lipinski definition) is 5. The molecule has 1 aromatic carbocycles. The summed E-state index contributed by atoms with van der Waals surface area (Å²) in [4.78, 5) is 8.23. The molecule has 1 aliphatic rings. The first-order chi connectivity index (χ1) is 13.8. The number of rotatable bonds is 8. The Morgan fingerprint density at radius 1 is 1.14 bits per heavy atom. The summed E-state index contributed by atoms with van der Waals surface area (Å²) in [5, 5.41) is 9.03. The van der Waals surface area contributed by atoms with Crippen molar-refractivity contribution < 1.29 is 9.47 Å². The maximum absolute atomic E-state index is 5.65. The van der Waals surface area contributed by atoms with Crippen molar-refractivity contribution in [1.82, 2.24) is 15.5 Å². The van der Waals surface area contributed by atoms with E-state index >= 15 is 0 Å². The zero-order valence-corrected chi connectivity index (χ0v) is 20.2. The van der Waals surface area contributed by atoms with Gasteiger partial charge in [0.15, 0.2) is 5.96 Å². The topological polar surface area (TPSA) is 58.1 Å². The van der Waals surface area contributed by atoms with Crippen LogP contribution in [0.2, 0.25) is 0 Å². The number of morpholine rings is 1. The molecule has 0 amide bonds. The van der Waals surface area contributed by atoms with Crippen LogP contribution in [0.1, 0.15) is 22.6 Å². The van der Waals surface area contributed by atoms with Gasteiger partial charge in [-0.2, -0.15) is 0 Å². The van der Waals surface area contributed by atoms with Crippen molar-refractivity contribution in [2.75, 3.05) is 53.6 Å². The number of nitrogens with one attached hydrogen (secondary N) is 2. The van der Waals surface area contributed by atoms with Crippen LogP contribution < -0.4 is 10.6 Å². The summed E-state index contributed by atoms with van der Waals surface area (Å²) in [5.74, 6) is 0.785. The summed E-state index contributed by atoms with van der Waals surface area (Å²) in [6.45, 7) is 4.94. The van der Waals surface area contributed by atoms with E-state index < -0.39 is 0 Å². The number of benzene rings is 1. The van der Waals surface area contributed by atoms with Gasteiger partial charge in [0.2, 0.25) is 0 Å². The largest absolute Gasteiger partial charge is 0.379 e. The lowest BCUT2D eigenvalue weighted by atomic mass is 10.1. The molecule has 0 bridgehead atoms. The van der Waals surface area contributed by atoms with Crippen molar-refractivity contribution in [3.05, 3.63) is 58.3 Å². The van der Waals surface area contributed by atoms with Gasteiger partial charge in [0.05, 0.1) is 25.4 Å². The highest BCUT2D eigenvalue weighted by Crippen LogP contribution is 2.25. The average molecular weight is 530 g/mol. The molecule has 2 atom stereocenters. The summed E-state index contributed by atoms with van der Waals surface area (Å²) < 4.78 is 11.2. The molecule has 0 spiro atoms. The molecule has 2 heterocycles. The van der Waals surface area contributed by atoms with Crippen LogP contribution in [0.5, 0.6) is 0 Å². The Labute approximate surface area is 194 Å². The highest BCUT2D eigenvalue weighted by Gasteiger charge is 2.23. The van der Waals surface area contributed by atoms with E-state index in [0.717, 1.165) is 44.4 Å². The minimum atomic E-state index is -0.0212. The maximum atomic E-state index is 5.65. The molecule has 29 heavy (non-hydrogen) atoms. The fourth-order valence-corrected chi connectivity index (χ4v) is 4.25. The molecule has 1 fully saturated rings.